The maximum Gasteiger partial charge on any atom is 0.223 e. The summed E-state index contributed by atoms with van der Waals surface area (Å²) < 4.78 is 7.58. The summed E-state index contributed by atoms with van der Waals surface area (Å²) in [6.45, 7) is 4.92. The van der Waals surface area contributed by atoms with Crippen LogP contribution in [0.3, 0.4) is 0 Å². The van der Waals surface area contributed by atoms with Gasteiger partial charge in [-0.05, 0) is 68.5 Å². The van der Waals surface area contributed by atoms with E-state index in [1.165, 1.54) is 61.7 Å². The molecule has 5 heteroatoms. The number of aryl methyl sites for hydroxylation is 1. The van der Waals surface area contributed by atoms with E-state index in [1.807, 2.05) is 0 Å². The number of fused-ring (bicyclic) bond motifs is 7. The minimum absolute atomic E-state index is 0.350. The Hall–Kier alpha value is -2.11. The summed E-state index contributed by atoms with van der Waals surface area (Å²) in [5.41, 5.74) is 4.11. The topological polar surface area (TPSA) is 37.7 Å². The first-order valence-corrected chi connectivity index (χ1v) is 13.5. The fourth-order valence-electron chi connectivity index (χ4n) is 7.54. The number of carbonyl (C=O) groups excluding carboxylic acids is 1. The van der Waals surface area contributed by atoms with Crippen molar-refractivity contribution in [2.24, 2.45) is 11.8 Å². The molecule has 0 spiro atoms. The number of aromatic nitrogens is 1. The van der Waals surface area contributed by atoms with Crippen molar-refractivity contribution in [3.8, 4) is 0 Å². The first kappa shape index (κ1) is 22.4. The van der Waals surface area contributed by atoms with E-state index in [4.69, 9.17) is 4.74 Å². The van der Waals surface area contributed by atoms with E-state index in [1.54, 1.807) is 12.7 Å². The lowest BCUT2D eigenvalue weighted by Gasteiger charge is -2.54. The summed E-state index contributed by atoms with van der Waals surface area (Å²) in [6.07, 6.45) is 14.0. The molecule has 1 aromatic heterocycles. The van der Waals surface area contributed by atoms with E-state index in [2.05, 4.69) is 50.9 Å². The van der Waals surface area contributed by atoms with Crippen molar-refractivity contribution in [3.05, 3.63) is 47.7 Å². The largest absolute Gasteiger partial charge is 0.383 e. The fourth-order valence-corrected chi connectivity index (χ4v) is 7.54. The van der Waals surface area contributed by atoms with Gasteiger partial charge in [0.05, 0.1) is 12.6 Å². The number of benzene rings is 1. The molecule has 6 rings (SSSR count). The van der Waals surface area contributed by atoms with Crippen LogP contribution in [-0.2, 0) is 22.5 Å². The van der Waals surface area contributed by atoms with Crippen LogP contribution in [0.4, 0.5) is 0 Å². The van der Waals surface area contributed by atoms with E-state index < -0.39 is 0 Å². The van der Waals surface area contributed by atoms with E-state index in [-0.39, 0.29) is 0 Å². The summed E-state index contributed by atoms with van der Waals surface area (Å²) in [4.78, 5) is 18.7. The molecule has 182 valence electrons. The molecule has 1 amide bonds. The van der Waals surface area contributed by atoms with Gasteiger partial charge in [-0.1, -0.05) is 36.3 Å². The van der Waals surface area contributed by atoms with Gasteiger partial charge in [0.2, 0.25) is 5.91 Å². The molecule has 2 bridgehead atoms. The molecular formula is C29H39N3O2. The number of methoxy groups -OCH3 is 1. The lowest BCUT2D eigenvalue weighted by Crippen LogP contribution is -2.60. The van der Waals surface area contributed by atoms with E-state index in [9.17, 15) is 4.79 Å². The number of carbonyl (C=O) groups is 1. The predicted molar refractivity (Wildman–Crippen MR) is 136 cm³/mol. The smallest absolute Gasteiger partial charge is 0.223 e. The summed E-state index contributed by atoms with van der Waals surface area (Å²) >= 11 is 0. The van der Waals surface area contributed by atoms with Gasteiger partial charge >= 0.3 is 0 Å². The number of hydrogen-bond donors (Lipinski definition) is 0. The van der Waals surface area contributed by atoms with Crippen molar-refractivity contribution in [2.45, 2.75) is 70.0 Å². The molecule has 2 aromatic rings. The van der Waals surface area contributed by atoms with Crippen molar-refractivity contribution < 1.29 is 9.53 Å². The molecule has 2 unspecified atom stereocenters. The number of piperidine rings is 3. The number of para-hydroxylation sites is 1. The highest BCUT2D eigenvalue weighted by Gasteiger charge is 2.46. The molecule has 1 aromatic carbocycles. The van der Waals surface area contributed by atoms with Crippen molar-refractivity contribution in [3.63, 3.8) is 0 Å². The average Bonchev–Trinajstić information content (AvgIpc) is 3.23. The minimum Gasteiger partial charge on any atom is -0.383 e. The van der Waals surface area contributed by atoms with Crippen LogP contribution >= 0.6 is 0 Å². The third kappa shape index (κ3) is 4.01. The van der Waals surface area contributed by atoms with Crippen LogP contribution in [0.15, 0.2) is 42.1 Å². The SMILES string of the molecule is COCCn1cc(CCC(=O)N2CCCC3=C[C@@H]4C[C@@H](CN5CCCCC45)C32)c2ccccc21. The lowest BCUT2D eigenvalue weighted by molar-refractivity contribution is -0.136. The monoisotopic (exact) mass is 461 g/mol. The number of likely N-dealkylation sites (tertiary alicyclic amines) is 1. The van der Waals surface area contributed by atoms with Crippen molar-refractivity contribution >= 4 is 16.8 Å². The third-order valence-electron chi connectivity index (χ3n) is 8.99. The van der Waals surface area contributed by atoms with Crippen LogP contribution < -0.4 is 0 Å². The molecule has 4 heterocycles. The Morgan fingerprint density at radius 1 is 1.15 bits per heavy atom. The number of ether oxygens (including phenoxy) is 1. The highest BCUT2D eigenvalue weighted by molar-refractivity contribution is 5.85. The fraction of sp³-hybridized carbons (Fsp3) is 0.621. The Kier molecular flexibility index (Phi) is 6.25. The number of rotatable bonds is 6. The molecule has 0 saturated carbocycles. The molecule has 0 N–H and O–H groups in total. The molecule has 3 fully saturated rings. The van der Waals surface area contributed by atoms with E-state index in [0.717, 1.165) is 37.9 Å². The van der Waals surface area contributed by atoms with Crippen LogP contribution in [0.1, 0.15) is 50.5 Å². The Morgan fingerprint density at radius 3 is 2.97 bits per heavy atom. The van der Waals surface area contributed by atoms with Gasteiger partial charge in [-0.2, -0.15) is 0 Å². The molecule has 4 atom stereocenters. The van der Waals surface area contributed by atoms with Crippen LogP contribution in [-0.4, -0.2) is 65.7 Å². The first-order chi connectivity index (χ1) is 16.7. The Bertz CT molecular complexity index is 1070. The minimum atomic E-state index is 0.350. The molecule has 3 aliphatic heterocycles. The van der Waals surface area contributed by atoms with E-state index in [0.29, 0.717) is 30.9 Å². The van der Waals surface area contributed by atoms with Crippen LogP contribution in [0.25, 0.3) is 10.9 Å². The number of amides is 1. The highest BCUT2D eigenvalue weighted by atomic mass is 16.5. The van der Waals surface area contributed by atoms with Crippen molar-refractivity contribution in [2.75, 3.05) is 33.4 Å². The molecule has 3 saturated heterocycles. The standard InChI is InChI=1S/C29H39N3O2/c1-34-16-15-31-19-22(25-8-2-3-10-27(25)31)11-12-28(33)32-14-6-7-21-17-23-18-24(29(21)32)20-30-13-5-4-9-26(23)30/h2-3,8,10,17,19,23-24,26,29H,4-7,9,11-16,18,20H2,1H3/t23-,24+,26?,29?/m1/s1. The Labute approximate surface area is 203 Å². The molecule has 5 nitrogen and oxygen atoms in total. The molecule has 0 radical (unpaired) electrons. The van der Waals surface area contributed by atoms with Crippen molar-refractivity contribution in [1.82, 2.24) is 14.4 Å². The van der Waals surface area contributed by atoms with Crippen molar-refractivity contribution in [1.29, 1.82) is 0 Å². The second-order valence-electron chi connectivity index (χ2n) is 11.0. The maximum atomic E-state index is 13.6. The molecular weight excluding hydrogens is 422 g/mol. The quantitative estimate of drug-likeness (QED) is 0.588. The zero-order valence-corrected chi connectivity index (χ0v) is 20.6. The summed E-state index contributed by atoms with van der Waals surface area (Å²) in [5, 5.41) is 1.27. The van der Waals surface area contributed by atoms with Gasteiger partial charge in [0.25, 0.3) is 0 Å². The van der Waals surface area contributed by atoms with Crippen LogP contribution in [0.5, 0.6) is 0 Å². The normalized spacial score (nSPS) is 29.0. The summed E-state index contributed by atoms with van der Waals surface area (Å²) in [5.74, 6) is 1.70. The Balaban J connectivity index is 1.19. The van der Waals surface area contributed by atoms with Crippen LogP contribution in [0.2, 0.25) is 0 Å². The molecule has 1 aliphatic carbocycles. The van der Waals surface area contributed by atoms with Gasteiger partial charge in [-0.25, -0.2) is 0 Å². The van der Waals surface area contributed by atoms with Gasteiger partial charge in [-0.3, -0.25) is 9.69 Å². The predicted octanol–water partition coefficient (Wildman–Crippen LogP) is 4.64. The third-order valence-corrected chi connectivity index (χ3v) is 8.99. The van der Waals surface area contributed by atoms with Gasteiger partial charge in [0, 0.05) is 56.3 Å². The molecule has 4 aliphatic rings. The lowest BCUT2D eigenvalue weighted by atomic mass is 9.68. The maximum absolute atomic E-state index is 13.6. The van der Waals surface area contributed by atoms with Gasteiger partial charge in [-0.15, -0.1) is 0 Å². The first-order valence-electron chi connectivity index (χ1n) is 13.5. The Morgan fingerprint density at radius 2 is 2.06 bits per heavy atom. The zero-order chi connectivity index (χ0) is 23.1. The molecule has 34 heavy (non-hydrogen) atoms. The number of nitrogens with zero attached hydrogens (tertiary/aromatic N) is 3. The van der Waals surface area contributed by atoms with Gasteiger partial charge in [0.15, 0.2) is 0 Å². The summed E-state index contributed by atoms with van der Waals surface area (Å²) in [7, 11) is 1.75. The van der Waals surface area contributed by atoms with E-state index >= 15 is 0 Å². The zero-order valence-electron chi connectivity index (χ0n) is 20.6. The van der Waals surface area contributed by atoms with Crippen LogP contribution in [0, 0.1) is 11.8 Å². The van der Waals surface area contributed by atoms with Gasteiger partial charge < -0.3 is 14.2 Å². The highest BCUT2D eigenvalue weighted by Crippen LogP contribution is 2.45. The van der Waals surface area contributed by atoms with Gasteiger partial charge in [0.1, 0.15) is 0 Å². The second kappa shape index (κ2) is 9.50. The second-order valence-corrected chi connectivity index (χ2v) is 11.0. The average molecular weight is 462 g/mol. The number of hydrogen-bond acceptors (Lipinski definition) is 3. The summed E-state index contributed by atoms with van der Waals surface area (Å²) in [6, 6.07) is 9.68.